The molecule has 1 heterocycles. The van der Waals surface area contributed by atoms with Crippen molar-refractivity contribution in [2.75, 3.05) is 0 Å². The van der Waals surface area contributed by atoms with Crippen LogP contribution in [0.15, 0.2) is 67.0 Å². The Morgan fingerprint density at radius 1 is 0.741 bits per heavy atom. The Morgan fingerprint density at radius 2 is 1.44 bits per heavy atom. The van der Waals surface area contributed by atoms with Crippen molar-refractivity contribution in [2.24, 2.45) is 0 Å². The minimum absolute atomic E-state index is 0.437. The number of aromatic nitrogens is 1. The highest BCUT2D eigenvalue weighted by atomic mass is 16.2. The second-order valence-electron chi connectivity index (χ2n) is 6.64. The Morgan fingerprint density at radius 3 is 2.26 bits per heavy atom. The summed E-state index contributed by atoms with van der Waals surface area (Å²) < 4.78 is 2.16. The Kier molecular flexibility index (Phi) is 4.72. The topological polar surface area (TPSA) is 39.1 Å². The first-order chi connectivity index (χ1) is 13.2. The molecular formula is C24H19NO2. The monoisotopic (exact) mass is 353 g/mol. The van der Waals surface area contributed by atoms with E-state index < -0.39 is 11.6 Å². The summed E-state index contributed by atoms with van der Waals surface area (Å²) in [5, 5.41) is 0. The normalized spacial score (nSPS) is 12.1. The van der Waals surface area contributed by atoms with E-state index in [1.165, 1.54) is 0 Å². The molecule has 0 atom stereocenters. The van der Waals surface area contributed by atoms with Crippen LogP contribution in [0.1, 0.15) is 45.5 Å². The van der Waals surface area contributed by atoms with Gasteiger partial charge in [0.05, 0.1) is 0 Å². The third-order valence-corrected chi connectivity index (χ3v) is 4.80. The van der Waals surface area contributed by atoms with E-state index >= 15 is 0 Å². The maximum atomic E-state index is 12.5. The Hall–Kier alpha value is -3.38. The maximum absolute atomic E-state index is 12.5. The average molecular weight is 353 g/mol. The molecule has 0 amide bonds. The number of hydrogen-bond acceptors (Lipinski definition) is 2. The highest BCUT2D eigenvalue weighted by Crippen LogP contribution is 2.33. The molecule has 3 heteroatoms. The van der Waals surface area contributed by atoms with Crippen LogP contribution in [-0.4, -0.2) is 16.1 Å². The number of unbranched alkanes of at least 4 members (excludes halogenated alkanes) is 2. The number of Topliss-reactive ketones (excluding diaryl/α,β-unsaturated/α-hetero) is 2. The fourth-order valence-electron chi connectivity index (χ4n) is 3.40. The number of carbonyl (C=O) groups is 2. The van der Waals surface area contributed by atoms with Gasteiger partial charge in [-0.05, 0) is 48.2 Å². The van der Waals surface area contributed by atoms with Gasteiger partial charge in [0, 0.05) is 42.0 Å². The van der Waals surface area contributed by atoms with E-state index in [0.29, 0.717) is 11.1 Å². The molecule has 0 bridgehead atoms. The molecule has 1 aliphatic rings. The molecule has 0 unspecified atom stereocenters. The molecule has 0 radical (unpaired) electrons. The van der Waals surface area contributed by atoms with Crippen LogP contribution in [0.2, 0.25) is 0 Å². The summed E-state index contributed by atoms with van der Waals surface area (Å²) in [5.41, 5.74) is 3.35. The van der Waals surface area contributed by atoms with Gasteiger partial charge in [-0.1, -0.05) is 42.2 Å². The third-order valence-electron chi connectivity index (χ3n) is 4.80. The molecule has 1 aromatic heterocycles. The van der Waals surface area contributed by atoms with Crippen molar-refractivity contribution >= 4 is 11.6 Å². The molecule has 3 aromatic rings. The van der Waals surface area contributed by atoms with Crippen molar-refractivity contribution in [1.29, 1.82) is 0 Å². The van der Waals surface area contributed by atoms with Crippen LogP contribution < -0.4 is 0 Å². The van der Waals surface area contributed by atoms with Gasteiger partial charge in [0.25, 0.3) is 0 Å². The van der Waals surface area contributed by atoms with Crippen LogP contribution in [0.5, 0.6) is 0 Å². The second kappa shape index (κ2) is 7.47. The third kappa shape index (κ3) is 3.47. The van der Waals surface area contributed by atoms with Crippen LogP contribution in [0.25, 0.3) is 11.1 Å². The molecule has 0 saturated carbocycles. The van der Waals surface area contributed by atoms with E-state index in [4.69, 9.17) is 0 Å². The van der Waals surface area contributed by atoms with Gasteiger partial charge in [0.1, 0.15) is 0 Å². The molecule has 1 aliphatic carbocycles. The minimum Gasteiger partial charge on any atom is -0.354 e. The van der Waals surface area contributed by atoms with Crippen LogP contribution in [0.3, 0.4) is 0 Å². The van der Waals surface area contributed by atoms with Gasteiger partial charge in [0.15, 0.2) is 0 Å². The molecule has 0 aliphatic heterocycles. The smallest absolute Gasteiger partial charge is 0.234 e. The van der Waals surface area contributed by atoms with Crippen molar-refractivity contribution in [1.82, 2.24) is 4.57 Å². The number of carbonyl (C=O) groups excluding carboxylic acids is 2. The first-order valence-electron chi connectivity index (χ1n) is 9.16. The van der Waals surface area contributed by atoms with Gasteiger partial charge in [-0.2, -0.15) is 0 Å². The largest absolute Gasteiger partial charge is 0.354 e. The summed E-state index contributed by atoms with van der Waals surface area (Å²) in [4.78, 5) is 24.8. The van der Waals surface area contributed by atoms with Gasteiger partial charge in [-0.3, -0.25) is 9.59 Å². The van der Waals surface area contributed by atoms with Crippen molar-refractivity contribution in [3.8, 4) is 23.0 Å². The van der Waals surface area contributed by atoms with Gasteiger partial charge in [-0.15, -0.1) is 0 Å². The van der Waals surface area contributed by atoms with E-state index in [1.807, 2.05) is 36.4 Å². The van der Waals surface area contributed by atoms with Crippen LogP contribution in [0.4, 0.5) is 0 Å². The number of nitrogens with zero attached hydrogens (tertiary/aromatic N) is 1. The predicted molar refractivity (Wildman–Crippen MR) is 106 cm³/mol. The number of fused-ring (bicyclic) bond motifs is 3. The zero-order valence-corrected chi connectivity index (χ0v) is 14.9. The molecule has 132 valence electrons. The minimum atomic E-state index is -0.445. The number of aryl methyl sites for hydroxylation is 1. The lowest BCUT2D eigenvalue weighted by Gasteiger charge is -2.17. The lowest BCUT2D eigenvalue weighted by Crippen LogP contribution is -2.21. The highest BCUT2D eigenvalue weighted by Gasteiger charge is 2.29. The van der Waals surface area contributed by atoms with Gasteiger partial charge >= 0.3 is 0 Å². The molecule has 0 spiro atoms. The lowest BCUT2D eigenvalue weighted by molar-refractivity contribution is 0.0815. The first-order valence-corrected chi connectivity index (χ1v) is 9.16. The molecule has 2 aromatic carbocycles. The van der Waals surface area contributed by atoms with E-state index in [0.717, 1.165) is 42.5 Å². The lowest BCUT2D eigenvalue weighted by atomic mass is 9.83. The van der Waals surface area contributed by atoms with Crippen molar-refractivity contribution in [3.63, 3.8) is 0 Å². The number of rotatable bonds is 4. The first kappa shape index (κ1) is 17.1. The Labute approximate surface area is 158 Å². The quantitative estimate of drug-likeness (QED) is 0.385. The molecule has 0 saturated heterocycles. The summed E-state index contributed by atoms with van der Waals surface area (Å²) in [7, 11) is 0. The summed E-state index contributed by atoms with van der Waals surface area (Å²) in [6, 6.07) is 16.9. The number of hydrogen-bond donors (Lipinski definition) is 0. The molecule has 3 nitrogen and oxygen atoms in total. The van der Waals surface area contributed by atoms with E-state index in [-0.39, 0.29) is 0 Å². The SMILES string of the molecule is O=C1C(=O)c2cc(C#CCCCCn3cccc3)ccc2-c2ccccc21. The van der Waals surface area contributed by atoms with Crippen LogP contribution in [0, 0.1) is 11.8 Å². The fourth-order valence-corrected chi connectivity index (χ4v) is 3.40. The zero-order chi connectivity index (χ0) is 18.6. The molecular weight excluding hydrogens is 334 g/mol. The average Bonchev–Trinajstić information content (AvgIpc) is 3.22. The van der Waals surface area contributed by atoms with E-state index in [1.54, 1.807) is 18.2 Å². The fraction of sp³-hybridized carbons (Fsp3) is 0.167. The Bertz CT molecular complexity index is 1070. The predicted octanol–water partition coefficient (Wildman–Crippen LogP) is 4.76. The molecule has 4 rings (SSSR count). The molecule has 27 heavy (non-hydrogen) atoms. The van der Waals surface area contributed by atoms with Crippen molar-refractivity contribution in [3.05, 3.63) is 83.7 Å². The molecule has 0 N–H and O–H groups in total. The number of ketones is 2. The van der Waals surface area contributed by atoms with E-state index in [9.17, 15) is 9.59 Å². The maximum Gasteiger partial charge on any atom is 0.234 e. The summed E-state index contributed by atoms with van der Waals surface area (Å²) in [6.07, 6.45) is 7.05. The van der Waals surface area contributed by atoms with Crippen LogP contribution >= 0.6 is 0 Å². The zero-order valence-electron chi connectivity index (χ0n) is 14.9. The van der Waals surface area contributed by atoms with E-state index in [2.05, 4.69) is 28.8 Å². The number of benzene rings is 2. The highest BCUT2D eigenvalue weighted by molar-refractivity contribution is 6.53. The van der Waals surface area contributed by atoms with Crippen LogP contribution in [-0.2, 0) is 6.54 Å². The standard InChI is InChI=1S/C24H19NO2/c26-23-21-11-5-4-10-19(21)20-13-12-18(17-22(20)24(23)27)9-3-1-2-6-14-25-15-7-8-16-25/h4-5,7-8,10-13,15-17H,1-2,6,14H2. The summed E-state index contributed by atoms with van der Waals surface area (Å²) in [6.45, 7) is 1.00. The summed E-state index contributed by atoms with van der Waals surface area (Å²) in [5.74, 6) is 5.42. The van der Waals surface area contributed by atoms with Crippen molar-refractivity contribution < 1.29 is 9.59 Å². The van der Waals surface area contributed by atoms with Gasteiger partial charge in [0.2, 0.25) is 11.6 Å². The molecule has 0 fully saturated rings. The van der Waals surface area contributed by atoms with Gasteiger partial charge < -0.3 is 4.57 Å². The Balaban J connectivity index is 1.46. The summed E-state index contributed by atoms with van der Waals surface area (Å²) >= 11 is 0. The van der Waals surface area contributed by atoms with Gasteiger partial charge in [-0.25, -0.2) is 0 Å². The second-order valence-corrected chi connectivity index (χ2v) is 6.64. The van der Waals surface area contributed by atoms with Crippen molar-refractivity contribution in [2.45, 2.75) is 25.8 Å².